The van der Waals surface area contributed by atoms with E-state index in [0.29, 0.717) is 24.5 Å². The summed E-state index contributed by atoms with van der Waals surface area (Å²) in [4.78, 5) is 30.1. The summed E-state index contributed by atoms with van der Waals surface area (Å²) in [7, 11) is 0. The van der Waals surface area contributed by atoms with E-state index in [4.69, 9.17) is 5.73 Å². The van der Waals surface area contributed by atoms with Gasteiger partial charge in [-0.2, -0.15) is 0 Å². The van der Waals surface area contributed by atoms with E-state index >= 15 is 0 Å². The molecule has 0 aliphatic heterocycles. The third-order valence-corrected chi connectivity index (χ3v) is 5.22. The van der Waals surface area contributed by atoms with Crippen LogP contribution in [0.1, 0.15) is 56.3 Å². The van der Waals surface area contributed by atoms with Gasteiger partial charge in [-0.25, -0.2) is 0 Å². The summed E-state index contributed by atoms with van der Waals surface area (Å²) >= 11 is 0. The molecule has 0 spiro atoms. The highest BCUT2D eigenvalue weighted by Gasteiger charge is 2.26. The molecule has 3 rings (SSSR count). The molecule has 6 heteroatoms. The number of benzene rings is 1. The number of nitrogens with two attached hydrogens (primary N) is 1. The molecule has 0 bridgehead atoms. The lowest BCUT2D eigenvalue weighted by Crippen LogP contribution is -2.37. The minimum Gasteiger partial charge on any atom is -0.385 e. The average molecular weight is 356 g/mol. The highest BCUT2D eigenvalue weighted by Crippen LogP contribution is 2.31. The normalized spacial score (nSPS) is 15.2. The van der Waals surface area contributed by atoms with Crippen molar-refractivity contribution in [3.63, 3.8) is 0 Å². The van der Waals surface area contributed by atoms with E-state index in [1.54, 1.807) is 0 Å². The first-order valence-electron chi connectivity index (χ1n) is 9.57. The van der Waals surface area contributed by atoms with Gasteiger partial charge in [0.05, 0.1) is 5.56 Å². The van der Waals surface area contributed by atoms with Gasteiger partial charge in [-0.05, 0) is 44.9 Å². The fourth-order valence-corrected chi connectivity index (χ4v) is 3.90. The number of nitrogen functional groups attached to an aromatic ring is 1. The Bertz CT molecular complexity index is 805. The van der Waals surface area contributed by atoms with E-state index < -0.39 is 0 Å². The van der Waals surface area contributed by atoms with Crippen molar-refractivity contribution < 1.29 is 9.59 Å². The summed E-state index contributed by atoms with van der Waals surface area (Å²) in [5, 5.41) is 3.56. The van der Waals surface area contributed by atoms with Gasteiger partial charge < -0.3 is 20.9 Å². The molecule has 0 saturated heterocycles. The quantitative estimate of drug-likeness (QED) is 0.766. The standard InChI is InChI=1S/C20H28N4O2/c1-3-22-19(25)17-15-11-10-14(12-16(15)23-18(17)21)24(4-2)20(26)13-8-6-5-7-9-13/h10-13,23H,3-9,21H2,1-2H3,(H,22,25). The SMILES string of the molecule is CCNC(=O)c1c(N)[nH]c2cc(N(CC)C(=O)C3CCCCC3)ccc12. The van der Waals surface area contributed by atoms with Crippen LogP contribution in [0.2, 0.25) is 0 Å². The third kappa shape index (κ3) is 3.41. The maximum atomic E-state index is 13.0. The molecule has 4 N–H and O–H groups in total. The van der Waals surface area contributed by atoms with E-state index in [0.717, 1.165) is 42.3 Å². The summed E-state index contributed by atoms with van der Waals surface area (Å²) in [6.45, 7) is 5.04. The number of hydrogen-bond acceptors (Lipinski definition) is 3. The third-order valence-electron chi connectivity index (χ3n) is 5.22. The highest BCUT2D eigenvalue weighted by atomic mass is 16.2. The second-order valence-electron chi connectivity index (χ2n) is 6.92. The predicted octanol–water partition coefficient (Wildman–Crippen LogP) is 3.43. The van der Waals surface area contributed by atoms with Crippen molar-refractivity contribution in [1.29, 1.82) is 0 Å². The van der Waals surface area contributed by atoms with Gasteiger partial charge in [-0.15, -0.1) is 0 Å². The molecular formula is C20H28N4O2. The molecule has 1 fully saturated rings. The summed E-state index contributed by atoms with van der Waals surface area (Å²) in [5.41, 5.74) is 8.11. The van der Waals surface area contributed by atoms with Gasteiger partial charge in [-0.1, -0.05) is 19.3 Å². The number of anilines is 2. The molecule has 1 aliphatic rings. The lowest BCUT2D eigenvalue weighted by Gasteiger charge is -2.28. The monoisotopic (exact) mass is 356 g/mol. The van der Waals surface area contributed by atoms with Crippen LogP contribution in [0.4, 0.5) is 11.5 Å². The van der Waals surface area contributed by atoms with Crippen LogP contribution in [-0.2, 0) is 4.79 Å². The van der Waals surface area contributed by atoms with Crippen LogP contribution >= 0.6 is 0 Å². The molecule has 0 atom stereocenters. The van der Waals surface area contributed by atoms with Crippen LogP contribution in [0.3, 0.4) is 0 Å². The van der Waals surface area contributed by atoms with Gasteiger partial charge in [0, 0.05) is 35.6 Å². The van der Waals surface area contributed by atoms with Crippen LogP contribution in [0, 0.1) is 5.92 Å². The second-order valence-corrected chi connectivity index (χ2v) is 6.92. The zero-order valence-electron chi connectivity index (χ0n) is 15.6. The molecule has 1 saturated carbocycles. The Hall–Kier alpha value is -2.50. The number of hydrogen-bond donors (Lipinski definition) is 3. The Labute approximate surface area is 154 Å². The Morgan fingerprint density at radius 3 is 2.62 bits per heavy atom. The lowest BCUT2D eigenvalue weighted by atomic mass is 9.88. The number of rotatable bonds is 5. The fourth-order valence-electron chi connectivity index (χ4n) is 3.90. The number of aromatic nitrogens is 1. The molecule has 1 heterocycles. The van der Waals surface area contributed by atoms with Gasteiger partial charge in [-0.3, -0.25) is 9.59 Å². The van der Waals surface area contributed by atoms with Gasteiger partial charge in [0.25, 0.3) is 5.91 Å². The average Bonchev–Trinajstić information content (AvgIpc) is 2.98. The fraction of sp³-hybridized carbons (Fsp3) is 0.500. The predicted molar refractivity (Wildman–Crippen MR) is 105 cm³/mol. The molecule has 1 aromatic carbocycles. The zero-order valence-corrected chi connectivity index (χ0v) is 15.6. The van der Waals surface area contributed by atoms with Crippen molar-refractivity contribution in [3.8, 4) is 0 Å². The first kappa shape index (κ1) is 18.3. The molecule has 6 nitrogen and oxygen atoms in total. The molecule has 2 aromatic rings. The van der Waals surface area contributed by atoms with E-state index in [2.05, 4.69) is 10.3 Å². The van der Waals surface area contributed by atoms with Crippen LogP contribution < -0.4 is 16.0 Å². The highest BCUT2D eigenvalue weighted by molar-refractivity contribution is 6.12. The van der Waals surface area contributed by atoms with E-state index in [9.17, 15) is 9.59 Å². The molecule has 140 valence electrons. The Kier molecular flexibility index (Phi) is 5.49. The topological polar surface area (TPSA) is 91.2 Å². The first-order chi connectivity index (χ1) is 12.6. The largest absolute Gasteiger partial charge is 0.385 e. The Morgan fingerprint density at radius 2 is 1.96 bits per heavy atom. The number of H-pyrrole nitrogens is 1. The second kappa shape index (κ2) is 7.81. The van der Waals surface area contributed by atoms with E-state index in [-0.39, 0.29) is 17.7 Å². The van der Waals surface area contributed by atoms with Crippen molar-refractivity contribution in [2.24, 2.45) is 5.92 Å². The lowest BCUT2D eigenvalue weighted by molar-refractivity contribution is -0.123. The van der Waals surface area contributed by atoms with Crippen LogP contribution in [0.15, 0.2) is 18.2 Å². The van der Waals surface area contributed by atoms with Crippen LogP contribution in [0.5, 0.6) is 0 Å². The summed E-state index contributed by atoms with van der Waals surface area (Å²) < 4.78 is 0. The van der Waals surface area contributed by atoms with Crippen molar-refractivity contribution in [2.75, 3.05) is 23.7 Å². The molecule has 1 aliphatic carbocycles. The van der Waals surface area contributed by atoms with Gasteiger partial charge in [0.1, 0.15) is 5.82 Å². The minimum atomic E-state index is -0.186. The maximum absolute atomic E-state index is 13.0. The van der Waals surface area contributed by atoms with Crippen molar-refractivity contribution in [3.05, 3.63) is 23.8 Å². The van der Waals surface area contributed by atoms with Gasteiger partial charge in [0.15, 0.2) is 0 Å². The number of amides is 2. The van der Waals surface area contributed by atoms with Crippen molar-refractivity contribution >= 4 is 34.2 Å². The van der Waals surface area contributed by atoms with Crippen LogP contribution in [0.25, 0.3) is 10.9 Å². The van der Waals surface area contributed by atoms with Gasteiger partial charge in [0.2, 0.25) is 5.91 Å². The van der Waals surface area contributed by atoms with Crippen molar-refractivity contribution in [2.45, 2.75) is 46.0 Å². The number of nitrogens with zero attached hydrogens (tertiary/aromatic N) is 1. The van der Waals surface area contributed by atoms with Gasteiger partial charge >= 0.3 is 0 Å². The van der Waals surface area contributed by atoms with E-state index in [1.165, 1.54) is 6.42 Å². The van der Waals surface area contributed by atoms with Crippen molar-refractivity contribution in [1.82, 2.24) is 10.3 Å². The molecular weight excluding hydrogens is 328 g/mol. The number of aromatic amines is 1. The van der Waals surface area contributed by atoms with E-state index in [1.807, 2.05) is 36.9 Å². The Balaban J connectivity index is 1.92. The maximum Gasteiger partial charge on any atom is 0.255 e. The number of carbonyl (C=O) groups is 2. The molecule has 0 unspecified atom stereocenters. The summed E-state index contributed by atoms with van der Waals surface area (Å²) in [5.74, 6) is 0.494. The molecule has 0 radical (unpaired) electrons. The summed E-state index contributed by atoms with van der Waals surface area (Å²) in [6.07, 6.45) is 5.46. The molecule has 1 aromatic heterocycles. The molecule has 2 amide bonds. The molecule has 26 heavy (non-hydrogen) atoms. The number of nitrogens with one attached hydrogen (secondary N) is 2. The smallest absolute Gasteiger partial charge is 0.255 e. The van der Waals surface area contributed by atoms with Crippen LogP contribution in [-0.4, -0.2) is 29.9 Å². The summed E-state index contributed by atoms with van der Waals surface area (Å²) in [6, 6.07) is 5.69. The first-order valence-corrected chi connectivity index (χ1v) is 9.57. The zero-order chi connectivity index (χ0) is 18.7. The number of fused-ring (bicyclic) bond motifs is 1. The Morgan fingerprint density at radius 1 is 1.23 bits per heavy atom. The minimum absolute atomic E-state index is 0.124. The number of carbonyl (C=O) groups excluding carboxylic acids is 2.